The summed E-state index contributed by atoms with van der Waals surface area (Å²) in [6.07, 6.45) is 0.692. The number of rotatable bonds is 6. The zero-order valence-electron chi connectivity index (χ0n) is 18.8. The van der Waals surface area contributed by atoms with Crippen molar-refractivity contribution in [2.45, 2.75) is 25.8 Å². The number of para-hydroxylation sites is 1. The Morgan fingerprint density at radius 3 is 2.55 bits per heavy atom. The number of aromatic nitrogens is 1. The zero-order chi connectivity index (χ0) is 23.5. The number of fused-ring (bicyclic) bond motifs is 1. The van der Waals surface area contributed by atoms with Crippen LogP contribution in [0.3, 0.4) is 0 Å². The van der Waals surface area contributed by atoms with Gasteiger partial charge in [0.2, 0.25) is 5.88 Å². The summed E-state index contributed by atoms with van der Waals surface area (Å²) in [7, 11) is 3.06. The van der Waals surface area contributed by atoms with Gasteiger partial charge in [0.05, 0.1) is 25.7 Å². The van der Waals surface area contributed by atoms with Gasteiger partial charge in [-0.05, 0) is 25.0 Å². The number of nitriles is 1. The lowest BCUT2D eigenvalue weighted by molar-refractivity contribution is 0.348. The summed E-state index contributed by atoms with van der Waals surface area (Å²) in [5.74, 6) is 0.505. The van der Waals surface area contributed by atoms with Crippen molar-refractivity contribution in [2.75, 3.05) is 14.2 Å². The molecule has 1 aliphatic rings. The summed E-state index contributed by atoms with van der Waals surface area (Å²) < 4.78 is 18.5. The summed E-state index contributed by atoms with van der Waals surface area (Å²) >= 11 is 0. The van der Waals surface area contributed by atoms with Crippen LogP contribution in [0.15, 0.2) is 70.8 Å². The third-order valence-corrected chi connectivity index (χ3v) is 5.90. The molecule has 0 spiro atoms. The van der Waals surface area contributed by atoms with Crippen LogP contribution in [0, 0.1) is 18.3 Å². The summed E-state index contributed by atoms with van der Waals surface area (Å²) in [4.78, 5) is 13.8. The first-order chi connectivity index (χ1) is 16.0. The maximum absolute atomic E-state index is 13.8. The highest BCUT2D eigenvalue weighted by molar-refractivity contribution is 5.60. The van der Waals surface area contributed by atoms with E-state index < -0.39 is 5.92 Å². The first kappa shape index (κ1) is 22.0. The van der Waals surface area contributed by atoms with Crippen molar-refractivity contribution in [2.24, 2.45) is 5.73 Å². The van der Waals surface area contributed by atoms with E-state index >= 15 is 0 Å². The Balaban J connectivity index is 1.90. The molecule has 4 rings (SSSR count). The van der Waals surface area contributed by atoms with Crippen molar-refractivity contribution >= 4 is 0 Å². The van der Waals surface area contributed by atoms with Crippen LogP contribution in [0.4, 0.5) is 0 Å². The fourth-order valence-corrected chi connectivity index (χ4v) is 4.30. The van der Waals surface area contributed by atoms with Gasteiger partial charge in [0, 0.05) is 23.9 Å². The van der Waals surface area contributed by atoms with E-state index in [-0.39, 0.29) is 17.0 Å². The lowest BCUT2D eigenvalue weighted by Gasteiger charge is -2.28. The normalized spacial score (nSPS) is 14.8. The number of benzene rings is 2. The summed E-state index contributed by atoms with van der Waals surface area (Å²) in [6, 6.07) is 19.3. The molecule has 1 atom stereocenters. The molecular weight excluding hydrogens is 418 g/mol. The molecule has 0 aliphatic carbocycles. The van der Waals surface area contributed by atoms with E-state index in [2.05, 4.69) is 6.07 Å². The van der Waals surface area contributed by atoms with Gasteiger partial charge in [-0.1, -0.05) is 42.5 Å². The Morgan fingerprint density at radius 1 is 1.12 bits per heavy atom. The Morgan fingerprint density at radius 2 is 1.88 bits per heavy atom. The highest BCUT2D eigenvalue weighted by Crippen LogP contribution is 2.46. The highest BCUT2D eigenvalue weighted by Gasteiger charge is 2.36. The predicted octanol–water partition coefficient (Wildman–Crippen LogP) is 3.63. The number of allylic oxidation sites excluding steroid dienone is 1. The lowest BCUT2D eigenvalue weighted by Crippen LogP contribution is -2.33. The molecule has 1 aromatic heterocycles. The SMILES string of the molecule is COc1cccc([C@@H]2C(C#N)=C(N)Oc3cc(C)n(CCc4ccccc4)c(=O)c32)c1OC. The maximum atomic E-state index is 13.8. The van der Waals surface area contributed by atoms with E-state index in [1.54, 1.807) is 28.8 Å². The second kappa shape index (κ2) is 9.13. The zero-order valence-corrected chi connectivity index (χ0v) is 18.8. The van der Waals surface area contributed by atoms with Gasteiger partial charge in [-0.3, -0.25) is 4.79 Å². The largest absolute Gasteiger partial charge is 0.493 e. The van der Waals surface area contributed by atoms with Crippen molar-refractivity contribution in [3.8, 4) is 23.3 Å². The number of ether oxygens (including phenoxy) is 3. The molecule has 7 nitrogen and oxygen atoms in total. The van der Waals surface area contributed by atoms with Gasteiger partial charge in [0.15, 0.2) is 11.5 Å². The molecule has 2 heterocycles. The summed E-state index contributed by atoms with van der Waals surface area (Å²) in [5.41, 5.74) is 8.89. The highest BCUT2D eigenvalue weighted by atomic mass is 16.5. The molecule has 2 N–H and O–H groups in total. The van der Waals surface area contributed by atoms with Gasteiger partial charge in [-0.25, -0.2) is 0 Å². The molecular formula is C26H25N3O4. The molecule has 0 amide bonds. The minimum Gasteiger partial charge on any atom is -0.493 e. The van der Waals surface area contributed by atoms with Gasteiger partial charge >= 0.3 is 0 Å². The molecule has 7 heteroatoms. The minimum atomic E-state index is -0.750. The van der Waals surface area contributed by atoms with E-state index in [9.17, 15) is 10.1 Å². The number of hydrogen-bond donors (Lipinski definition) is 1. The van der Waals surface area contributed by atoms with Crippen LogP contribution in [-0.4, -0.2) is 18.8 Å². The average molecular weight is 444 g/mol. The van der Waals surface area contributed by atoms with Crippen molar-refractivity contribution < 1.29 is 14.2 Å². The maximum Gasteiger partial charge on any atom is 0.258 e. The average Bonchev–Trinajstić information content (AvgIpc) is 2.83. The molecule has 3 aromatic rings. The van der Waals surface area contributed by atoms with E-state index in [1.165, 1.54) is 14.2 Å². The van der Waals surface area contributed by atoms with Gasteiger partial charge < -0.3 is 24.5 Å². The number of aryl methyl sites for hydroxylation is 2. The van der Waals surface area contributed by atoms with Crippen LogP contribution < -0.4 is 25.5 Å². The van der Waals surface area contributed by atoms with Crippen molar-refractivity contribution in [3.63, 3.8) is 0 Å². The quantitative estimate of drug-likeness (QED) is 0.625. The third kappa shape index (κ3) is 3.92. The van der Waals surface area contributed by atoms with Gasteiger partial charge in [0.25, 0.3) is 5.56 Å². The monoisotopic (exact) mass is 443 g/mol. The molecule has 0 bridgehead atoms. The van der Waals surface area contributed by atoms with Gasteiger partial charge in [-0.2, -0.15) is 5.26 Å². The van der Waals surface area contributed by atoms with Gasteiger partial charge in [0.1, 0.15) is 17.4 Å². The summed E-state index contributed by atoms with van der Waals surface area (Å²) in [5, 5.41) is 9.93. The fourth-order valence-electron chi connectivity index (χ4n) is 4.30. The van der Waals surface area contributed by atoms with Crippen LogP contribution in [-0.2, 0) is 13.0 Å². The van der Waals surface area contributed by atoms with Crippen LogP contribution >= 0.6 is 0 Å². The molecule has 0 fully saturated rings. The van der Waals surface area contributed by atoms with Crippen molar-refractivity contribution in [3.05, 3.63) is 98.8 Å². The van der Waals surface area contributed by atoms with Crippen LogP contribution in [0.5, 0.6) is 17.2 Å². The van der Waals surface area contributed by atoms with Crippen molar-refractivity contribution in [1.29, 1.82) is 5.26 Å². The molecule has 1 aliphatic heterocycles. The Bertz CT molecular complexity index is 1320. The Kier molecular flexibility index (Phi) is 6.09. The number of pyridine rings is 1. The molecule has 0 radical (unpaired) electrons. The summed E-state index contributed by atoms with van der Waals surface area (Å²) in [6.45, 7) is 2.35. The third-order valence-electron chi connectivity index (χ3n) is 5.90. The number of hydrogen-bond acceptors (Lipinski definition) is 6. The van der Waals surface area contributed by atoms with E-state index in [0.29, 0.717) is 41.3 Å². The number of nitrogens with two attached hydrogens (primary N) is 1. The minimum absolute atomic E-state index is 0.0271. The van der Waals surface area contributed by atoms with Crippen LogP contribution in [0.1, 0.15) is 28.3 Å². The molecule has 0 unspecified atom stereocenters. The standard InChI is InChI=1S/C26H25N3O4/c1-16-14-21-23(26(30)29(16)13-12-17-8-5-4-6-9-17)22(19(15-27)25(28)33-21)18-10-7-11-20(31-2)24(18)32-3/h4-11,14,22H,12-13,28H2,1-3H3/t22-/m1/s1. The van der Waals surface area contributed by atoms with Crippen LogP contribution in [0.25, 0.3) is 0 Å². The second-order valence-electron chi connectivity index (χ2n) is 7.76. The smallest absolute Gasteiger partial charge is 0.258 e. The predicted molar refractivity (Wildman–Crippen MR) is 124 cm³/mol. The topological polar surface area (TPSA) is 99.5 Å². The van der Waals surface area contributed by atoms with E-state index in [4.69, 9.17) is 19.9 Å². The number of methoxy groups -OCH3 is 2. The first-order valence-electron chi connectivity index (χ1n) is 10.6. The van der Waals surface area contributed by atoms with E-state index in [0.717, 1.165) is 11.3 Å². The lowest BCUT2D eigenvalue weighted by atomic mass is 9.83. The molecule has 168 valence electrons. The van der Waals surface area contributed by atoms with E-state index in [1.807, 2.05) is 37.3 Å². The Labute approximate surface area is 192 Å². The molecule has 0 saturated carbocycles. The van der Waals surface area contributed by atoms with Gasteiger partial charge in [-0.15, -0.1) is 0 Å². The molecule has 0 saturated heterocycles. The molecule has 33 heavy (non-hydrogen) atoms. The first-order valence-corrected chi connectivity index (χ1v) is 10.6. The Hall–Kier alpha value is -4.18. The second-order valence-corrected chi connectivity index (χ2v) is 7.76. The van der Waals surface area contributed by atoms with Crippen molar-refractivity contribution in [1.82, 2.24) is 4.57 Å². The fraction of sp³-hybridized carbons (Fsp3) is 0.231. The van der Waals surface area contributed by atoms with Crippen LogP contribution in [0.2, 0.25) is 0 Å². The number of nitrogens with zero attached hydrogens (tertiary/aromatic N) is 2. The molecule has 2 aromatic carbocycles.